The minimum atomic E-state index is 0.658. The second-order valence-corrected chi connectivity index (χ2v) is 4.33. The molecule has 0 saturated carbocycles. The summed E-state index contributed by atoms with van der Waals surface area (Å²) in [4.78, 5) is 0. The molecule has 0 aromatic heterocycles. The Bertz CT molecular complexity index is 289. The van der Waals surface area contributed by atoms with E-state index in [1.165, 1.54) is 5.56 Å². The first-order valence-electron chi connectivity index (χ1n) is 5.02. The maximum absolute atomic E-state index is 5.91. The summed E-state index contributed by atoms with van der Waals surface area (Å²) in [6, 6.07) is 8.21. The monoisotopic (exact) mass is 210 g/mol. The van der Waals surface area contributed by atoms with E-state index in [4.69, 9.17) is 17.5 Å². The van der Waals surface area contributed by atoms with Crippen molar-refractivity contribution in [2.75, 3.05) is 18.8 Å². The second-order valence-electron chi connectivity index (χ2n) is 3.85. The highest BCUT2D eigenvalue weighted by atomic mass is 35.5. The number of nitrogens with two attached hydrogens (primary N) is 1. The van der Waals surface area contributed by atoms with Crippen LogP contribution in [-0.4, -0.2) is 17.5 Å². The van der Waals surface area contributed by atoms with Crippen molar-refractivity contribution in [3.63, 3.8) is 0 Å². The predicted molar refractivity (Wildman–Crippen MR) is 60.3 cm³/mol. The molecule has 2 rings (SSSR count). The molecular weight excluding hydrogens is 196 g/mol. The van der Waals surface area contributed by atoms with Crippen LogP contribution in [0.25, 0.3) is 0 Å². The van der Waals surface area contributed by atoms with Crippen LogP contribution in [0.2, 0.25) is 0 Å². The molecule has 1 aromatic carbocycles. The van der Waals surface area contributed by atoms with Crippen LogP contribution in [0.1, 0.15) is 24.3 Å². The van der Waals surface area contributed by atoms with Crippen molar-refractivity contribution in [1.29, 1.82) is 0 Å². The zero-order valence-electron chi connectivity index (χ0n) is 8.12. The summed E-state index contributed by atoms with van der Waals surface area (Å²) in [7, 11) is 0. The van der Waals surface area contributed by atoms with E-state index in [0.717, 1.165) is 31.6 Å². The van der Waals surface area contributed by atoms with E-state index in [1.54, 1.807) is 0 Å². The number of benzene rings is 1. The molecule has 0 amide bonds. The van der Waals surface area contributed by atoms with E-state index in [9.17, 15) is 0 Å². The van der Waals surface area contributed by atoms with E-state index in [2.05, 4.69) is 12.1 Å². The van der Waals surface area contributed by atoms with Gasteiger partial charge in [0.15, 0.2) is 0 Å². The fourth-order valence-electron chi connectivity index (χ4n) is 1.95. The average Bonchev–Trinajstić information content (AvgIpc) is 2.21. The largest absolute Gasteiger partial charge is 0.399 e. The van der Waals surface area contributed by atoms with Gasteiger partial charge in [0, 0.05) is 18.8 Å². The Hall–Kier alpha value is -0.730. The Labute approximate surface area is 89.8 Å². The van der Waals surface area contributed by atoms with Crippen molar-refractivity contribution in [2.24, 2.45) is 0 Å². The average molecular weight is 211 g/mol. The molecule has 2 N–H and O–H groups in total. The molecule has 76 valence electrons. The first kappa shape index (κ1) is 9.81. The number of hydrogen-bond donors (Lipinski definition) is 1. The maximum atomic E-state index is 5.91. The van der Waals surface area contributed by atoms with Crippen LogP contribution in [0.3, 0.4) is 0 Å². The Morgan fingerprint density at radius 2 is 1.71 bits per heavy atom. The normalized spacial score (nSPS) is 19.8. The summed E-state index contributed by atoms with van der Waals surface area (Å²) in [5.74, 6) is 0.658. The lowest BCUT2D eigenvalue weighted by Gasteiger charge is -2.27. The van der Waals surface area contributed by atoms with Gasteiger partial charge >= 0.3 is 0 Å². The highest BCUT2D eigenvalue weighted by Crippen LogP contribution is 2.28. The third-order valence-electron chi connectivity index (χ3n) is 2.85. The van der Waals surface area contributed by atoms with Crippen LogP contribution in [-0.2, 0) is 0 Å². The van der Waals surface area contributed by atoms with E-state index >= 15 is 0 Å². The van der Waals surface area contributed by atoms with Crippen molar-refractivity contribution in [1.82, 2.24) is 4.42 Å². The number of nitrogen functional groups attached to an aromatic ring is 1. The summed E-state index contributed by atoms with van der Waals surface area (Å²) in [6.07, 6.45) is 2.29. The number of hydrogen-bond acceptors (Lipinski definition) is 2. The van der Waals surface area contributed by atoms with E-state index in [-0.39, 0.29) is 0 Å². The van der Waals surface area contributed by atoms with Gasteiger partial charge in [0.25, 0.3) is 0 Å². The number of halogens is 1. The topological polar surface area (TPSA) is 29.3 Å². The Balaban J connectivity index is 2.05. The van der Waals surface area contributed by atoms with Crippen LogP contribution < -0.4 is 5.73 Å². The first-order valence-corrected chi connectivity index (χ1v) is 5.35. The van der Waals surface area contributed by atoms with E-state index in [0.29, 0.717) is 5.92 Å². The zero-order valence-corrected chi connectivity index (χ0v) is 8.87. The van der Waals surface area contributed by atoms with Crippen molar-refractivity contribution in [3.05, 3.63) is 29.8 Å². The van der Waals surface area contributed by atoms with Gasteiger partial charge in [-0.15, -0.1) is 0 Å². The van der Waals surface area contributed by atoms with Gasteiger partial charge in [0.05, 0.1) is 0 Å². The number of rotatable bonds is 1. The highest BCUT2D eigenvalue weighted by Gasteiger charge is 2.18. The quantitative estimate of drug-likeness (QED) is 0.570. The lowest BCUT2D eigenvalue weighted by molar-refractivity contribution is 0.336. The number of anilines is 1. The molecule has 0 unspecified atom stereocenters. The molecular formula is C11H15ClN2. The Morgan fingerprint density at radius 3 is 2.29 bits per heavy atom. The van der Waals surface area contributed by atoms with Crippen molar-refractivity contribution < 1.29 is 0 Å². The van der Waals surface area contributed by atoms with Crippen LogP contribution in [0.4, 0.5) is 5.69 Å². The number of piperidine rings is 1. The first-order chi connectivity index (χ1) is 6.75. The molecule has 0 atom stereocenters. The van der Waals surface area contributed by atoms with Crippen molar-refractivity contribution in [2.45, 2.75) is 18.8 Å². The number of nitrogens with zero attached hydrogens (tertiary/aromatic N) is 1. The molecule has 0 bridgehead atoms. The molecule has 1 aliphatic rings. The fourth-order valence-corrected chi connectivity index (χ4v) is 2.14. The van der Waals surface area contributed by atoms with Gasteiger partial charge in [-0.3, -0.25) is 0 Å². The lowest BCUT2D eigenvalue weighted by atomic mass is 9.90. The zero-order chi connectivity index (χ0) is 9.97. The fraction of sp³-hybridized carbons (Fsp3) is 0.455. The summed E-state index contributed by atoms with van der Waals surface area (Å²) >= 11 is 5.91. The molecule has 0 radical (unpaired) electrons. The standard InChI is InChI=1S/C11H15ClN2/c12-14-7-5-10(6-8-14)9-1-3-11(13)4-2-9/h1-4,10H,5-8,13H2. The third kappa shape index (κ3) is 2.20. The van der Waals surface area contributed by atoms with Gasteiger partial charge in [-0.25, -0.2) is 4.42 Å². The summed E-state index contributed by atoms with van der Waals surface area (Å²) in [6.45, 7) is 1.97. The molecule has 2 nitrogen and oxygen atoms in total. The SMILES string of the molecule is Nc1ccc(C2CCN(Cl)CC2)cc1. The third-order valence-corrected chi connectivity index (χ3v) is 3.19. The van der Waals surface area contributed by atoms with Gasteiger partial charge < -0.3 is 5.73 Å². The van der Waals surface area contributed by atoms with Gasteiger partial charge in [0.2, 0.25) is 0 Å². The van der Waals surface area contributed by atoms with Gasteiger partial charge in [-0.05, 0) is 48.2 Å². The van der Waals surface area contributed by atoms with Crippen LogP contribution >= 0.6 is 11.8 Å². The molecule has 14 heavy (non-hydrogen) atoms. The minimum Gasteiger partial charge on any atom is -0.399 e. The van der Waals surface area contributed by atoms with Crippen LogP contribution in [0, 0.1) is 0 Å². The van der Waals surface area contributed by atoms with Crippen LogP contribution in [0.5, 0.6) is 0 Å². The summed E-state index contributed by atoms with van der Waals surface area (Å²) in [5.41, 5.74) is 7.88. The second kappa shape index (κ2) is 4.20. The lowest BCUT2D eigenvalue weighted by Crippen LogP contribution is -2.25. The molecule has 1 aromatic rings. The molecule has 1 aliphatic heterocycles. The molecule has 1 fully saturated rings. The van der Waals surface area contributed by atoms with Gasteiger partial charge in [0.1, 0.15) is 0 Å². The summed E-state index contributed by atoms with van der Waals surface area (Å²) < 4.78 is 1.87. The Morgan fingerprint density at radius 1 is 1.14 bits per heavy atom. The van der Waals surface area contributed by atoms with Gasteiger partial charge in [-0.2, -0.15) is 0 Å². The smallest absolute Gasteiger partial charge is 0.0314 e. The molecule has 0 spiro atoms. The van der Waals surface area contributed by atoms with E-state index < -0.39 is 0 Å². The molecule has 1 saturated heterocycles. The Kier molecular flexibility index (Phi) is 2.94. The van der Waals surface area contributed by atoms with Crippen molar-refractivity contribution >= 4 is 17.5 Å². The predicted octanol–water partition coefficient (Wildman–Crippen LogP) is 2.60. The van der Waals surface area contributed by atoms with E-state index in [1.807, 2.05) is 16.6 Å². The molecule has 0 aliphatic carbocycles. The molecule has 3 heteroatoms. The maximum Gasteiger partial charge on any atom is 0.0314 e. The minimum absolute atomic E-state index is 0.658. The molecule has 1 heterocycles. The van der Waals surface area contributed by atoms with Gasteiger partial charge in [-0.1, -0.05) is 12.1 Å². The van der Waals surface area contributed by atoms with Crippen molar-refractivity contribution in [3.8, 4) is 0 Å². The van der Waals surface area contributed by atoms with Crippen LogP contribution in [0.15, 0.2) is 24.3 Å². The highest BCUT2D eigenvalue weighted by molar-refractivity contribution is 6.13. The summed E-state index contributed by atoms with van der Waals surface area (Å²) in [5, 5.41) is 0.